The number of urea groups is 1. The average molecular weight is 640 g/mol. The van der Waals surface area contributed by atoms with E-state index in [1.165, 1.54) is 37.5 Å². The van der Waals surface area contributed by atoms with Gasteiger partial charge in [0.15, 0.2) is 11.5 Å². The molecule has 3 aromatic carbocycles. The van der Waals surface area contributed by atoms with E-state index in [-0.39, 0.29) is 23.4 Å². The number of hydrogen-bond acceptors (Lipinski definition) is 7. The molecule has 1 aliphatic heterocycles. The molecule has 9 nitrogen and oxygen atoms in total. The maximum absolute atomic E-state index is 13.3. The van der Waals surface area contributed by atoms with Crippen molar-refractivity contribution in [2.75, 3.05) is 18.6 Å². The fourth-order valence-corrected chi connectivity index (χ4v) is 4.72. The molecule has 1 N–H and O–H groups in total. The van der Waals surface area contributed by atoms with Gasteiger partial charge in [-0.3, -0.25) is 14.9 Å². The van der Waals surface area contributed by atoms with Crippen LogP contribution >= 0.6 is 22.6 Å². The normalized spacial score (nSPS) is 14.3. The predicted molar refractivity (Wildman–Crippen MR) is 153 cm³/mol. The van der Waals surface area contributed by atoms with E-state index in [2.05, 4.69) is 27.9 Å². The zero-order chi connectivity index (χ0) is 28.1. The third-order valence-electron chi connectivity index (χ3n) is 5.77. The molecule has 4 amide bonds. The summed E-state index contributed by atoms with van der Waals surface area (Å²) in [6, 6.07) is 16.2. The highest BCUT2D eigenvalue weighted by Gasteiger charge is 2.37. The van der Waals surface area contributed by atoms with Gasteiger partial charge in [-0.25, -0.2) is 14.5 Å². The summed E-state index contributed by atoms with van der Waals surface area (Å²) in [7, 11) is 1.50. The average Bonchev–Trinajstić information content (AvgIpc) is 2.90. The Morgan fingerprint density at radius 3 is 2.46 bits per heavy atom. The highest BCUT2D eigenvalue weighted by molar-refractivity contribution is 14.1. The van der Waals surface area contributed by atoms with Crippen LogP contribution in [-0.4, -0.2) is 37.5 Å². The van der Waals surface area contributed by atoms with E-state index in [4.69, 9.17) is 14.2 Å². The Morgan fingerprint density at radius 1 is 1.05 bits per heavy atom. The van der Waals surface area contributed by atoms with E-state index < -0.39 is 23.8 Å². The molecule has 200 valence electrons. The summed E-state index contributed by atoms with van der Waals surface area (Å²) in [5.41, 5.74) is 2.85. The smallest absolute Gasteiger partial charge is 0.338 e. The number of amides is 4. The Kier molecular flexibility index (Phi) is 8.65. The Bertz CT molecular complexity index is 1480. The van der Waals surface area contributed by atoms with Gasteiger partial charge in [0.25, 0.3) is 11.8 Å². The third-order valence-corrected chi connectivity index (χ3v) is 6.57. The van der Waals surface area contributed by atoms with Gasteiger partial charge in [-0.05, 0) is 90.0 Å². The van der Waals surface area contributed by atoms with Gasteiger partial charge in [0.1, 0.15) is 12.2 Å². The number of ether oxygens (including phenoxy) is 3. The number of halogens is 1. The van der Waals surface area contributed by atoms with Crippen molar-refractivity contribution in [3.8, 4) is 11.5 Å². The van der Waals surface area contributed by atoms with Crippen LogP contribution in [0.4, 0.5) is 10.5 Å². The molecule has 0 bridgehead atoms. The Labute approximate surface area is 238 Å². The first kappa shape index (κ1) is 27.8. The Balaban J connectivity index is 1.60. The first-order chi connectivity index (χ1) is 18.7. The molecule has 1 saturated heterocycles. The molecule has 3 aromatic rings. The van der Waals surface area contributed by atoms with Gasteiger partial charge in [-0.2, -0.15) is 0 Å². The lowest BCUT2D eigenvalue weighted by atomic mass is 10.1. The molecule has 0 atom stereocenters. The van der Waals surface area contributed by atoms with E-state index in [0.717, 1.165) is 16.0 Å². The summed E-state index contributed by atoms with van der Waals surface area (Å²) in [6.45, 7) is 4.25. The van der Waals surface area contributed by atoms with E-state index >= 15 is 0 Å². The Hall–Kier alpha value is -4.19. The molecule has 1 fully saturated rings. The number of imide groups is 2. The van der Waals surface area contributed by atoms with Crippen LogP contribution in [0.3, 0.4) is 0 Å². The minimum Gasteiger partial charge on any atom is -0.493 e. The van der Waals surface area contributed by atoms with Crippen molar-refractivity contribution in [2.24, 2.45) is 0 Å². The van der Waals surface area contributed by atoms with Crippen LogP contribution in [0.25, 0.3) is 6.08 Å². The highest BCUT2D eigenvalue weighted by Crippen LogP contribution is 2.35. The number of carbonyl (C=O) groups excluding carboxylic acids is 4. The van der Waals surface area contributed by atoms with E-state index in [1.54, 1.807) is 19.1 Å². The number of hydrogen-bond donors (Lipinski definition) is 1. The van der Waals surface area contributed by atoms with Gasteiger partial charge in [0.05, 0.1) is 28.5 Å². The second kappa shape index (κ2) is 12.1. The fraction of sp³-hybridized carbons (Fsp3) is 0.172. The van der Waals surface area contributed by atoms with Gasteiger partial charge >= 0.3 is 12.0 Å². The standard InChI is InChI=1S/C29H25IN2O7/c1-4-38-28(35)20-8-10-21(11-9-20)32-27(34)22(26(33)31-29(32)36)13-19-14-23(30)25(24(15-19)37-3)39-16-18-7-5-6-17(2)12-18/h5-15H,4,16H2,1-3H3,(H,31,33,36)/b22-13+. The van der Waals surface area contributed by atoms with E-state index in [9.17, 15) is 19.2 Å². The van der Waals surface area contributed by atoms with Gasteiger partial charge < -0.3 is 14.2 Å². The molecule has 0 spiro atoms. The second-order valence-corrected chi connectivity index (χ2v) is 9.70. The summed E-state index contributed by atoms with van der Waals surface area (Å²) in [4.78, 5) is 51.3. The first-order valence-corrected chi connectivity index (χ1v) is 13.0. The monoisotopic (exact) mass is 640 g/mol. The SMILES string of the molecule is CCOC(=O)c1ccc(N2C(=O)NC(=O)/C(=C\c3cc(I)c(OCc4cccc(C)c4)c(OC)c3)C2=O)cc1. The lowest BCUT2D eigenvalue weighted by Crippen LogP contribution is -2.54. The molecule has 10 heteroatoms. The predicted octanol–water partition coefficient (Wildman–Crippen LogP) is 5.03. The zero-order valence-electron chi connectivity index (χ0n) is 21.4. The number of anilines is 1. The number of nitrogens with one attached hydrogen (secondary N) is 1. The molecular weight excluding hydrogens is 615 g/mol. The van der Waals surface area contributed by atoms with Crippen LogP contribution < -0.4 is 19.7 Å². The number of nitrogens with zero attached hydrogens (tertiary/aromatic N) is 1. The highest BCUT2D eigenvalue weighted by atomic mass is 127. The number of carbonyl (C=O) groups is 4. The largest absolute Gasteiger partial charge is 0.493 e. The zero-order valence-corrected chi connectivity index (χ0v) is 23.6. The number of barbiturate groups is 1. The quantitative estimate of drug-likeness (QED) is 0.159. The van der Waals surface area contributed by atoms with Gasteiger partial charge in [0.2, 0.25) is 0 Å². The maximum Gasteiger partial charge on any atom is 0.338 e. The minimum atomic E-state index is -0.891. The summed E-state index contributed by atoms with van der Waals surface area (Å²) >= 11 is 2.10. The second-order valence-electron chi connectivity index (χ2n) is 8.54. The van der Waals surface area contributed by atoms with Crippen LogP contribution in [-0.2, 0) is 20.9 Å². The van der Waals surface area contributed by atoms with Crippen LogP contribution in [0.15, 0.2) is 66.2 Å². The molecule has 1 heterocycles. The van der Waals surface area contributed by atoms with Gasteiger partial charge in [-0.1, -0.05) is 29.8 Å². The first-order valence-electron chi connectivity index (χ1n) is 12.0. The molecule has 0 unspecified atom stereocenters. The number of methoxy groups -OCH3 is 1. The molecule has 0 aliphatic carbocycles. The van der Waals surface area contributed by atoms with Crippen molar-refractivity contribution in [1.29, 1.82) is 0 Å². The third kappa shape index (κ3) is 6.28. The molecule has 0 saturated carbocycles. The summed E-state index contributed by atoms with van der Waals surface area (Å²) in [5.74, 6) is -1.20. The number of aryl methyl sites for hydroxylation is 1. The summed E-state index contributed by atoms with van der Waals surface area (Å²) in [5, 5.41) is 2.19. The Morgan fingerprint density at radius 2 is 1.79 bits per heavy atom. The number of rotatable bonds is 8. The van der Waals surface area contributed by atoms with Gasteiger partial charge in [0, 0.05) is 0 Å². The molecule has 0 aromatic heterocycles. The lowest BCUT2D eigenvalue weighted by molar-refractivity contribution is -0.122. The van der Waals surface area contributed by atoms with Crippen molar-refractivity contribution in [3.05, 3.63) is 92.1 Å². The topological polar surface area (TPSA) is 111 Å². The van der Waals surface area contributed by atoms with Crippen molar-refractivity contribution in [3.63, 3.8) is 0 Å². The van der Waals surface area contributed by atoms with Crippen molar-refractivity contribution in [2.45, 2.75) is 20.5 Å². The van der Waals surface area contributed by atoms with E-state index in [0.29, 0.717) is 27.2 Å². The molecule has 4 rings (SSSR count). The van der Waals surface area contributed by atoms with Crippen molar-refractivity contribution < 1.29 is 33.4 Å². The number of esters is 1. The van der Waals surface area contributed by atoms with Crippen molar-refractivity contribution >= 4 is 58.2 Å². The fourth-order valence-electron chi connectivity index (χ4n) is 3.94. The molecular formula is C29H25IN2O7. The van der Waals surface area contributed by atoms with Crippen LogP contribution in [0.1, 0.15) is 34.0 Å². The molecule has 1 aliphatic rings. The summed E-state index contributed by atoms with van der Waals surface area (Å²) < 4.78 is 17.2. The van der Waals surface area contributed by atoms with Crippen LogP contribution in [0, 0.1) is 10.5 Å². The van der Waals surface area contributed by atoms with E-state index in [1.807, 2.05) is 31.2 Å². The van der Waals surface area contributed by atoms with Crippen LogP contribution in [0.5, 0.6) is 11.5 Å². The maximum atomic E-state index is 13.3. The lowest BCUT2D eigenvalue weighted by Gasteiger charge is -2.26. The van der Waals surface area contributed by atoms with Crippen molar-refractivity contribution in [1.82, 2.24) is 5.32 Å². The van der Waals surface area contributed by atoms with Gasteiger partial charge in [-0.15, -0.1) is 0 Å². The number of benzene rings is 3. The molecule has 39 heavy (non-hydrogen) atoms. The van der Waals surface area contributed by atoms with Crippen LogP contribution in [0.2, 0.25) is 0 Å². The minimum absolute atomic E-state index is 0.191. The summed E-state index contributed by atoms with van der Waals surface area (Å²) in [6.07, 6.45) is 1.39. The molecule has 0 radical (unpaired) electrons.